The highest BCUT2D eigenvalue weighted by Crippen LogP contribution is 2.39. The first kappa shape index (κ1) is 27.0. The second kappa shape index (κ2) is 11.1. The number of hydrogen-bond acceptors (Lipinski definition) is 5. The SMILES string of the molecule is CC1=C(CN2CCC(C(=O)NCCCN3CC(C)(C)CC(C)(C)C3)CC2)NC(c2ccccc2C)O1. The first-order valence-electron chi connectivity index (χ1n) is 13.9. The molecule has 1 amide bonds. The summed E-state index contributed by atoms with van der Waals surface area (Å²) in [6.45, 7) is 20.6. The third-order valence-electron chi connectivity index (χ3n) is 8.05. The van der Waals surface area contributed by atoms with E-state index < -0.39 is 0 Å². The van der Waals surface area contributed by atoms with Gasteiger partial charge >= 0.3 is 0 Å². The van der Waals surface area contributed by atoms with Gasteiger partial charge in [0, 0.05) is 37.7 Å². The van der Waals surface area contributed by atoms with E-state index >= 15 is 0 Å². The van der Waals surface area contributed by atoms with E-state index in [0.29, 0.717) is 10.8 Å². The van der Waals surface area contributed by atoms with Crippen molar-refractivity contribution < 1.29 is 9.53 Å². The van der Waals surface area contributed by atoms with Gasteiger partial charge in [0.05, 0.1) is 5.70 Å². The number of aryl methyl sites for hydroxylation is 1. The third-order valence-corrected chi connectivity index (χ3v) is 8.05. The minimum atomic E-state index is -0.105. The molecule has 200 valence electrons. The topological polar surface area (TPSA) is 56.8 Å². The van der Waals surface area contributed by atoms with Crippen LogP contribution >= 0.6 is 0 Å². The molecular formula is C30H48N4O2. The fourth-order valence-corrected chi connectivity index (χ4v) is 6.78. The number of carbonyl (C=O) groups is 1. The predicted octanol–water partition coefficient (Wildman–Crippen LogP) is 4.82. The van der Waals surface area contributed by atoms with Crippen molar-refractivity contribution in [3.8, 4) is 0 Å². The Morgan fingerprint density at radius 1 is 1.06 bits per heavy atom. The Hall–Kier alpha value is -2.05. The summed E-state index contributed by atoms with van der Waals surface area (Å²) in [6, 6.07) is 8.37. The Labute approximate surface area is 218 Å². The number of likely N-dealkylation sites (tertiary alicyclic amines) is 2. The van der Waals surface area contributed by atoms with E-state index in [1.807, 2.05) is 6.92 Å². The van der Waals surface area contributed by atoms with Crippen LogP contribution in [-0.4, -0.2) is 61.5 Å². The van der Waals surface area contributed by atoms with Gasteiger partial charge in [-0.1, -0.05) is 52.0 Å². The molecule has 0 aromatic heterocycles. The minimum absolute atomic E-state index is 0.105. The molecule has 1 aromatic rings. The molecule has 2 fully saturated rings. The molecule has 6 nitrogen and oxygen atoms in total. The number of hydrogen-bond donors (Lipinski definition) is 2. The molecule has 6 heteroatoms. The molecule has 0 radical (unpaired) electrons. The number of carbonyl (C=O) groups excluding carboxylic acids is 1. The fourth-order valence-electron chi connectivity index (χ4n) is 6.78. The van der Waals surface area contributed by atoms with Crippen LogP contribution in [0.4, 0.5) is 0 Å². The number of piperidine rings is 2. The summed E-state index contributed by atoms with van der Waals surface area (Å²) in [4.78, 5) is 17.8. The Morgan fingerprint density at radius 3 is 2.39 bits per heavy atom. The molecule has 0 aliphatic carbocycles. The average Bonchev–Trinajstić information content (AvgIpc) is 3.15. The highest BCUT2D eigenvalue weighted by atomic mass is 16.5. The first-order chi connectivity index (χ1) is 17.0. The fraction of sp³-hybridized carbons (Fsp3) is 0.700. The van der Waals surface area contributed by atoms with Gasteiger partial charge < -0.3 is 20.3 Å². The van der Waals surface area contributed by atoms with Gasteiger partial charge in [-0.2, -0.15) is 0 Å². The minimum Gasteiger partial charge on any atom is -0.469 e. The van der Waals surface area contributed by atoms with Gasteiger partial charge in [-0.25, -0.2) is 0 Å². The molecule has 3 aliphatic heterocycles. The van der Waals surface area contributed by atoms with E-state index in [2.05, 4.69) is 79.3 Å². The van der Waals surface area contributed by atoms with Crippen molar-refractivity contribution in [3.63, 3.8) is 0 Å². The number of ether oxygens (including phenoxy) is 1. The molecule has 1 atom stereocenters. The molecule has 1 unspecified atom stereocenters. The molecule has 0 saturated carbocycles. The molecule has 3 heterocycles. The summed E-state index contributed by atoms with van der Waals surface area (Å²) >= 11 is 0. The van der Waals surface area contributed by atoms with Crippen molar-refractivity contribution in [2.24, 2.45) is 16.7 Å². The van der Waals surface area contributed by atoms with Crippen LogP contribution in [0.15, 0.2) is 35.7 Å². The van der Waals surface area contributed by atoms with Gasteiger partial charge in [0.25, 0.3) is 0 Å². The van der Waals surface area contributed by atoms with Crippen molar-refractivity contribution in [1.29, 1.82) is 0 Å². The number of nitrogens with zero attached hydrogens (tertiary/aromatic N) is 2. The van der Waals surface area contributed by atoms with Crippen LogP contribution in [0.25, 0.3) is 0 Å². The van der Waals surface area contributed by atoms with Crippen molar-refractivity contribution in [2.75, 3.05) is 45.8 Å². The molecule has 4 rings (SSSR count). The van der Waals surface area contributed by atoms with Gasteiger partial charge in [0.1, 0.15) is 5.76 Å². The van der Waals surface area contributed by atoms with Gasteiger partial charge in [-0.15, -0.1) is 0 Å². The normalized spacial score (nSPS) is 24.9. The third kappa shape index (κ3) is 7.04. The summed E-state index contributed by atoms with van der Waals surface area (Å²) in [6.07, 6.45) is 4.05. The van der Waals surface area contributed by atoms with Crippen molar-refractivity contribution in [2.45, 2.75) is 73.5 Å². The van der Waals surface area contributed by atoms with Gasteiger partial charge in [-0.3, -0.25) is 9.69 Å². The number of benzene rings is 1. The van der Waals surface area contributed by atoms with Gasteiger partial charge in [0.2, 0.25) is 5.91 Å². The molecule has 1 aromatic carbocycles. The van der Waals surface area contributed by atoms with E-state index in [-0.39, 0.29) is 18.1 Å². The lowest BCUT2D eigenvalue weighted by Gasteiger charge is -2.47. The van der Waals surface area contributed by atoms with Crippen LogP contribution in [0.1, 0.15) is 77.7 Å². The van der Waals surface area contributed by atoms with E-state index in [1.54, 1.807) is 0 Å². The molecule has 2 N–H and O–H groups in total. The summed E-state index contributed by atoms with van der Waals surface area (Å²) in [5.41, 5.74) is 4.33. The zero-order chi connectivity index (χ0) is 25.9. The number of nitrogens with one attached hydrogen (secondary N) is 2. The van der Waals surface area contributed by atoms with E-state index in [4.69, 9.17) is 4.74 Å². The van der Waals surface area contributed by atoms with Gasteiger partial charge in [-0.05, 0) is 75.6 Å². The first-order valence-corrected chi connectivity index (χ1v) is 13.9. The molecule has 0 spiro atoms. The summed E-state index contributed by atoms with van der Waals surface area (Å²) in [5.74, 6) is 1.35. The van der Waals surface area contributed by atoms with E-state index in [0.717, 1.165) is 76.5 Å². The Balaban J connectivity index is 1.15. The summed E-state index contributed by atoms with van der Waals surface area (Å²) < 4.78 is 6.14. The lowest BCUT2D eigenvalue weighted by atomic mass is 9.71. The number of allylic oxidation sites excluding steroid dienone is 1. The van der Waals surface area contributed by atoms with Crippen molar-refractivity contribution in [1.82, 2.24) is 20.4 Å². The average molecular weight is 497 g/mol. The summed E-state index contributed by atoms with van der Waals surface area (Å²) in [7, 11) is 0. The van der Waals surface area contributed by atoms with Crippen LogP contribution in [0.2, 0.25) is 0 Å². The van der Waals surface area contributed by atoms with Crippen LogP contribution in [-0.2, 0) is 9.53 Å². The molecule has 36 heavy (non-hydrogen) atoms. The van der Waals surface area contributed by atoms with Crippen LogP contribution < -0.4 is 10.6 Å². The highest BCUT2D eigenvalue weighted by Gasteiger charge is 2.37. The maximum atomic E-state index is 12.8. The van der Waals surface area contributed by atoms with Gasteiger partial charge in [0.15, 0.2) is 6.23 Å². The molecular weight excluding hydrogens is 448 g/mol. The molecule has 3 aliphatic rings. The van der Waals surface area contributed by atoms with E-state index in [1.165, 1.54) is 17.5 Å². The monoisotopic (exact) mass is 496 g/mol. The van der Waals surface area contributed by atoms with Crippen molar-refractivity contribution in [3.05, 3.63) is 46.8 Å². The lowest BCUT2D eigenvalue weighted by Crippen LogP contribution is -2.49. The Morgan fingerprint density at radius 2 is 1.72 bits per heavy atom. The quantitative estimate of drug-likeness (QED) is 0.506. The second-order valence-electron chi connectivity index (χ2n) is 12.9. The van der Waals surface area contributed by atoms with E-state index in [9.17, 15) is 4.79 Å². The maximum Gasteiger partial charge on any atom is 0.223 e. The maximum absolute atomic E-state index is 12.8. The largest absolute Gasteiger partial charge is 0.469 e. The summed E-state index contributed by atoms with van der Waals surface area (Å²) in [5, 5.41) is 6.81. The zero-order valence-electron chi connectivity index (χ0n) is 23.5. The Bertz CT molecular complexity index is 930. The number of rotatable bonds is 8. The zero-order valence-corrected chi connectivity index (χ0v) is 23.5. The van der Waals surface area contributed by atoms with Crippen LogP contribution in [0.5, 0.6) is 0 Å². The predicted molar refractivity (Wildman–Crippen MR) is 146 cm³/mol. The van der Waals surface area contributed by atoms with Crippen LogP contribution in [0, 0.1) is 23.7 Å². The molecule has 0 bridgehead atoms. The standard InChI is InChI=1S/C30H48N4O2/c1-22-10-7-8-11-25(22)28-32-26(23(2)36-28)18-33-16-12-24(13-17-33)27(35)31-14-9-15-34-20-29(3,4)19-30(5,6)21-34/h7-8,10-11,24,28,32H,9,12-21H2,1-6H3,(H,31,35). The van der Waals surface area contributed by atoms with Crippen LogP contribution in [0.3, 0.4) is 0 Å². The Kier molecular flexibility index (Phi) is 8.35. The van der Waals surface area contributed by atoms with Crippen molar-refractivity contribution >= 4 is 5.91 Å². The molecule has 2 saturated heterocycles. The lowest BCUT2D eigenvalue weighted by molar-refractivity contribution is -0.126. The second-order valence-corrected chi connectivity index (χ2v) is 12.9. The number of amides is 1. The smallest absolute Gasteiger partial charge is 0.223 e. The highest BCUT2D eigenvalue weighted by molar-refractivity contribution is 5.78.